The van der Waals surface area contributed by atoms with Crippen molar-refractivity contribution in [2.45, 2.75) is 7.43 Å². The Morgan fingerprint density at radius 3 is 1.00 bits per heavy atom. The molecule has 0 aromatic rings. The van der Waals surface area contributed by atoms with Gasteiger partial charge in [0.2, 0.25) is 0 Å². The summed E-state index contributed by atoms with van der Waals surface area (Å²) >= 11 is 0. The minimum absolute atomic E-state index is 0. The zero-order valence-corrected chi connectivity index (χ0v) is 6.29. The van der Waals surface area contributed by atoms with E-state index in [1.807, 2.05) is 0 Å². The first kappa shape index (κ1) is 188. The summed E-state index contributed by atoms with van der Waals surface area (Å²) in [6.45, 7) is 0. The van der Waals surface area contributed by atoms with E-state index in [9.17, 15) is 0 Å². The molecule has 0 aromatic carbocycles. The summed E-state index contributed by atoms with van der Waals surface area (Å²) in [6, 6.07) is 0. The van der Waals surface area contributed by atoms with Crippen LogP contribution in [0.3, 0.4) is 0 Å². The van der Waals surface area contributed by atoms with Crippen molar-refractivity contribution in [3.8, 4) is 0 Å². The van der Waals surface area contributed by atoms with Gasteiger partial charge in [-0.15, -0.1) is 0 Å². The average molecular weight is 175 g/mol. The van der Waals surface area contributed by atoms with E-state index in [0.29, 0.717) is 0 Å². The predicted octanol–water partition coefficient (Wildman–Crippen LogP) is 0.142. The number of hydrogen-bond donors (Lipinski definition) is 1. The molecule has 0 rings (SSSR count). The zero-order chi connectivity index (χ0) is 0. The van der Waals surface area contributed by atoms with Crippen molar-refractivity contribution in [1.82, 2.24) is 6.15 Å². The van der Waals surface area contributed by atoms with Gasteiger partial charge in [-0.25, -0.2) is 0 Å². The molecule has 0 fully saturated rings. The summed E-state index contributed by atoms with van der Waals surface area (Å²) in [6.07, 6.45) is 0. The van der Waals surface area contributed by atoms with E-state index >= 15 is 0 Å². The monoisotopic (exact) mass is 175 g/mol. The fraction of sp³-hybridized carbons (Fsp3) is 1.00. The third-order valence-electron chi connectivity index (χ3n) is 0. The van der Waals surface area contributed by atoms with Gasteiger partial charge in [0.25, 0.3) is 0 Å². The summed E-state index contributed by atoms with van der Waals surface area (Å²) in [7, 11) is 0. The quantitative estimate of drug-likeness (QED) is 0.413. The van der Waals surface area contributed by atoms with Crippen molar-refractivity contribution in [1.29, 1.82) is 0 Å². The molecular weight excluding hydrogens is 161 g/mol. The Morgan fingerprint density at radius 2 is 1.00 bits per heavy atom. The first-order chi connectivity index (χ1) is 0. The van der Waals surface area contributed by atoms with Gasteiger partial charge in [-0.3, -0.25) is 0 Å². The van der Waals surface area contributed by atoms with Gasteiger partial charge in [0.1, 0.15) is 0 Å². The predicted molar refractivity (Wildman–Crippen MR) is 36.9 cm³/mol. The molecule has 6 heavy (non-hydrogen) atoms. The van der Waals surface area contributed by atoms with Gasteiger partial charge >= 0.3 is 0 Å². The minimum Gasteiger partial charge on any atom is -0.412 e. The molecule has 0 amide bonds. The molecule has 0 spiro atoms. The van der Waals surface area contributed by atoms with Gasteiger partial charge in [-0.2, -0.15) is 23.4 Å². The summed E-state index contributed by atoms with van der Waals surface area (Å²) in [4.78, 5) is 0. The molecule has 0 aliphatic rings. The molecule has 0 saturated carbocycles. The van der Waals surface area contributed by atoms with Gasteiger partial charge < -0.3 is 11.6 Å². The smallest absolute Gasteiger partial charge is 0 e. The van der Waals surface area contributed by atoms with Crippen LogP contribution in [0.5, 0.6) is 0 Å². The minimum atomic E-state index is 0. The summed E-state index contributed by atoms with van der Waals surface area (Å²) < 4.78 is 0. The molecule has 0 bridgehead atoms. The maximum atomic E-state index is 0. The van der Waals surface area contributed by atoms with Crippen LogP contribution < -0.4 is 6.15 Å². The SMILES string of the molecule is C.N.O.P.S.[Fe]. The van der Waals surface area contributed by atoms with Gasteiger partial charge in [-0.05, 0) is 0 Å². The maximum absolute atomic E-state index is 0. The maximum Gasteiger partial charge on any atom is 0 e. The van der Waals surface area contributed by atoms with E-state index in [1.165, 1.54) is 0 Å². The van der Waals surface area contributed by atoms with E-state index in [2.05, 4.69) is 0 Å². The van der Waals surface area contributed by atoms with E-state index in [-0.39, 0.29) is 59.5 Å². The molecule has 0 aliphatic heterocycles. The van der Waals surface area contributed by atoms with Crippen LogP contribution in [-0.2, 0) is 17.1 Å². The summed E-state index contributed by atoms with van der Waals surface area (Å²) in [5, 5.41) is 0. The third kappa shape index (κ3) is 62.5. The molecule has 5 heteroatoms. The van der Waals surface area contributed by atoms with E-state index in [1.54, 1.807) is 0 Å². The Balaban J connectivity index is 0. The third-order valence-corrected chi connectivity index (χ3v) is 0. The summed E-state index contributed by atoms with van der Waals surface area (Å²) in [5.74, 6) is 0. The van der Waals surface area contributed by atoms with Crippen LogP contribution in [0.15, 0.2) is 0 Å². The molecule has 48 valence electrons. The van der Waals surface area contributed by atoms with E-state index in [0.717, 1.165) is 0 Å². The van der Waals surface area contributed by atoms with Gasteiger partial charge in [0.05, 0.1) is 0 Å². The van der Waals surface area contributed by atoms with E-state index < -0.39 is 0 Å². The van der Waals surface area contributed by atoms with Crippen LogP contribution >= 0.6 is 23.4 Å². The molecule has 0 aromatic heterocycles. The Hall–Kier alpha value is 1.22. The van der Waals surface area contributed by atoms with Crippen LogP contribution in [0.4, 0.5) is 0 Å². The summed E-state index contributed by atoms with van der Waals surface area (Å²) in [5.41, 5.74) is 0. The van der Waals surface area contributed by atoms with Crippen molar-refractivity contribution < 1.29 is 22.5 Å². The van der Waals surface area contributed by atoms with Crippen LogP contribution in [0.2, 0.25) is 0 Å². The first-order valence-electron chi connectivity index (χ1n) is 0. The second kappa shape index (κ2) is 114. The van der Waals surface area contributed by atoms with Crippen LogP contribution in [0.25, 0.3) is 0 Å². The number of hydrogen-bond acceptors (Lipinski definition) is 1. The Kier molecular flexibility index (Phi) is 3570. The first-order valence-corrected chi connectivity index (χ1v) is 0. The van der Waals surface area contributed by atoms with Crippen molar-refractivity contribution in [2.75, 3.05) is 0 Å². The molecule has 5 N–H and O–H groups in total. The second-order valence-corrected chi connectivity index (χ2v) is 0. The standard InChI is InChI=1S/CH4.Fe.H3N.H2O.H3P.H2S/h1H4;;1H3;1H2;1H3;1H2. The molecule has 0 heterocycles. The Morgan fingerprint density at radius 1 is 1.00 bits per heavy atom. The van der Waals surface area contributed by atoms with E-state index in [4.69, 9.17) is 0 Å². The van der Waals surface area contributed by atoms with Crippen molar-refractivity contribution in [2.24, 2.45) is 0 Å². The molecule has 2 nitrogen and oxygen atoms in total. The Bertz CT molecular complexity index is 15.5. The van der Waals surface area contributed by atoms with Crippen LogP contribution in [0, 0.1) is 0 Å². The van der Waals surface area contributed by atoms with Crippen molar-refractivity contribution >= 4 is 23.4 Å². The van der Waals surface area contributed by atoms with Gasteiger partial charge in [-0.1, -0.05) is 7.43 Å². The van der Waals surface area contributed by atoms with Gasteiger partial charge in [0.15, 0.2) is 0 Å². The molecule has 1 atom stereocenters. The van der Waals surface area contributed by atoms with Crippen LogP contribution in [-0.4, -0.2) is 5.48 Å². The normalized spacial score (nSPS) is 0. The van der Waals surface area contributed by atoms with Gasteiger partial charge in [0, 0.05) is 17.1 Å². The average Bonchev–Trinajstić information content (AvgIpc) is 0. The number of rotatable bonds is 0. The molecule has 0 aliphatic carbocycles. The topological polar surface area (TPSA) is 66.5 Å². The molecule has 0 saturated heterocycles. The molecule has 1 unspecified atom stereocenters. The molecule has 0 radical (unpaired) electrons. The Labute approximate surface area is 59.9 Å². The fourth-order valence-electron chi connectivity index (χ4n) is 0. The molecular formula is CH14FeNOPS. The van der Waals surface area contributed by atoms with Crippen LogP contribution in [0.1, 0.15) is 7.43 Å². The fourth-order valence-corrected chi connectivity index (χ4v) is 0. The van der Waals surface area contributed by atoms with Crippen molar-refractivity contribution in [3.63, 3.8) is 0 Å². The van der Waals surface area contributed by atoms with Crippen molar-refractivity contribution in [3.05, 3.63) is 0 Å². The zero-order valence-electron chi connectivity index (χ0n) is 2.77. The second-order valence-electron chi connectivity index (χ2n) is 0. The largest absolute Gasteiger partial charge is 0.412 e.